The zero-order chi connectivity index (χ0) is 10.1. The fraction of sp³-hybridized carbons (Fsp3) is 0.400. The molecule has 0 radical (unpaired) electrons. The van der Waals surface area contributed by atoms with Gasteiger partial charge in [-0.05, 0) is 31.3 Å². The van der Waals surface area contributed by atoms with Crippen LogP contribution in [0.1, 0.15) is 0 Å². The number of hydrogen-bond acceptors (Lipinski definition) is 2. The van der Waals surface area contributed by atoms with Crippen LogP contribution in [0.3, 0.4) is 0 Å². The molecule has 1 rings (SSSR count). The highest BCUT2D eigenvalue weighted by molar-refractivity contribution is 6.79. The van der Waals surface area contributed by atoms with Crippen LogP contribution in [0.2, 0.25) is 19.6 Å². The van der Waals surface area contributed by atoms with E-state index in [1.165, 1.54) is 5.69 Å². The molecule has 13 heavy (non-hydrogen) atoms. The van der Waals surface area contributed by atoms with E-state index < -0.39 is 8.24 Å². The molecule has 0 aliphatic carbocycles. The van der Waals surface area contributed by atoms with Gasteiger partial charge in [0.05, 0.1) is 0 Å². The third-order valence-electron chi connectivity index (χ3n) is 2.29. The van der Waals surface area contributed by atoms with Gasteiger partial charge in [0.15, 0.2) is 0 Å². The van der Waals surface area contributed by atoms with Crippen molar-refractivity contribution in [2.24, 2.45) is 0 Å². The predicted molar refractivity (Wildman–Crippen MR) is 62.6 cm³/mol. The summed E-state index contributed by atoms with van der Waals surface area (Å²) in [7, 11) is 0.924. The van der Waals surface area contributed by atoms with Crippen molar-refractivity contribution >= 4 is 19.6 Å². The number of benzene rings is 1. The van der Waals surface area contributed by atoms with Gasteiger partial charge in [0.2, 0.25) is 0 Å². The molecule has 2 N–H and O–H groups in total. The molecule has 0 saturated heterocycles. The van der Waals surface area contributed by atoms with Crippen LogP contribution in [0, 0.1) is 0 Å². The Kier molecular flexibility index (Phi) is 2.66. The predicted octanol–water partition coefficient (Wildman–Crippen LogP) is 2.54. The summed E-state index contributed by atoms with van der Waals surface area (Å²) in [4.78, 5) is 0. The van der Waals surface area contributed by atoms with E-state index in [2.05, 4.69) is 43.4 Å². The molecule has 3 heteroatoms. The normalized spacial score (nSPS) is 11.4. The van der Waals surface area contributed by atoms with E-state index in [0.717, 1.165) is 5.69 Å². The minimum absolute atomic E-state index is 0.827. The van der Waals surface area contributed by atoms with Crippen molar-refractivity contribution in [2.45, 2.75) is 19.6 Å². The molecule has 0 bridgehead atoms. The lowest BCUT2D eigenvalue weighted by molar-refractivity contribution is 1.25. The Labute approximate surface area is 81.5 Å². The number of hydrogen-bond donors (Lipinski definition) is 1. The first-order valence-electron chi connectivity index (χ1n) is 4.50. The van der Waals surface area contributed by atoms with E-state index in [1.54, 1.807) is 0 Å². The standard InChI is InChI=1S/C10H18N2Si/c1-12(13(2,3)4)10-7-5-9(11)6-8-10/h5-8H,11H2,1-4H3. The minimum Gasteiger partial charge on any atom is -0.401 e. The monoisotopic (exact) mass is 194 g/mol. The molecule has 0 aromatic heterocycles. The van der Waals surface area contributed by atoms with E-state index in [9.17, 15) is 0 Å². The van der Waals surface area contributed by atoms with Crippen LogP contribution in [0.5, 0.6) is 0 Å². The highest BCUT2D eigenvalue weighted by Gasteiger charge is 2.19. The molecule has 2 nitrogen and oxygen atoms in total. The smallest absolute Gasteiger partial charge is 0.147 e. The fourth-order valence-corrected chi connectivity index (χ4v) is 2.01. The molecule has 0 amide bonds. The highest BCUT2D eigenvalue weighted by atomic mass is 28.3. The van der Waals surface area contributed by atoms with Crippen LogP contribution < -0.4 is 10.3 Å². The Morgan fingerprint density at radius 1 is 1.08 bits per heavy atom. The fourth-order valence-electron chi connectivity index (χ4n) is 1.09. The van der Waals surface area contributed by atoms with Crippen molar-refractivity contribution in [1.82, 2.24) is 0 Å². The van der Waals surface area contributed by atoms with Crippen molar-refractivity contribution in [3.05, 3.63) is 24.3 Å². The van der Waals surface area contributed by atoms with Gasteiger partial charge in [0.25, 0.3) is 0 Å². The summed E-state index contributed by atoms with van der Waals surface area (Å²) >= 11 is 0. The second kappa shape index (κ2) is 3.42. The van der Waals surface area contributed by atoms with Crippen LogP contribution in [0.4, 0.5) is 11.4 Å². The topological polar surface area (TPSA) is 29.3 Å². The molecule has 1 aromatic carbocycles. The number of nitrogens with zero attached hydrogens (tertiary/aromatic N) is 1. The zero-order valence-corrected chi connectivity index (χ0v) is 9.83. The van der Waals surface area contributed by atoms with Crippen LogP contribution in [0.25, 0.3) is 0 Å². The Bertz CT molecular complexity index is 274. The van der Waals surface area contributed by atoms with Gasteiger partial charge in [-0.15, -0.1) is 0 Å². The largest absolute Gasteiger partial charge is 0.401 e. The van der Waals surface area contributed by atoms with E-state index in [1.807, 2.05) is 12.1 Å². The average Bonchev–Trinajstić information content (AvgIpc) is 2.03. The molecular weight excluding hydrogens is 176 g/mol. The maximum Gasteiger partial charge on any atom is 0.147 e. The Morgan fingerprint density at radius 3 is 1.92 bits per heavy atom. The van der Waals surface area contributed by atoms with E-state index in [0.29, 0.717) is 0 Å². The Morgan fingerprint density at radius 2 is 1.54 bits per heavy atom. The van der Waals surface area contributed by atoms with Gasteiger partial charge in [-0.3, -0.25) is 0 Å². The summed E-state index contributed by atoms with van der Waals surface area (Å²) in [6.07, 6.45) is 0. The third kappa shape index (κ3) is 2.49. The highest BCUT2D eigenvalue weighted by Crippen LogP contribution is 2.20. The molecule has 1 aromatic rings. The van der Waals surface area contributed by atoms with Crippen molar-refractivity contribution in [1.29, 1.82) is 0 Å². The molecule has 0 fully saturated rings. The summed E-state index contributed by atoms with van der Waals surface area (Å²) in [5.74, 6) is 0. The van der Waals surface area contributed by atoms with Crippen LogP contribution in [-0.4, -0.2) is 15.3 Å². The minimum atomic E-state index is -1.23. The molecule has 72 valence electrons. The second-order valence-electron chi connectivity index (χ2n) is 4.32. The Hall–Kier alpha value is -0.963. The molecule has 0 aliphatic heterocycles. The molecular formula is C10H18N2Si. The molecule has 0 atom stereocenters. The molecule has 0 aliphatic rings. The van der Waals surface area contributed by atoms with Gasteiger partial charge in [0.1, 0.15) is 8.24 Å². The van der Waals surface area contributed by atoms with Gasteiger partial charge in [0, 0.05) is 11.4 Å². The lowest BCUT2D eigenvalue weighted by Crippen LogP contribution is -2.43. The van der Waals surface area contributed by atoms with Crippen molar-refractivity contribution < 1.29 is 0 Å². The van der Waals surface area contributed by atoms with Crippen molar-refractivity contribution in [3.63, 3.8) is 0 Å². The molecule has 0 spiro atoms. The first kappa shape index (κ1) is 10.1. The maximum atomic E-state index is 5.63. The van der Waals surface area contributed by atoms with Crippen LogP contribution in [0.15, 0.2) is 24.3 Å². The number of nitrogens with two attached hydrogens (primary N) is 1. The quantitative estimate of drug-likeness (QED) is 0.579. The van der Waals surface area contributed by atoms with Gasteiger partial charge in [-0.25, -0.2) is 0 Å². The first-order valence-corrected chi connectivity index (χ1v) is 7.95. The summed E-state index contributed by atoms with van der Waals surface area (Å²) in [6, 6.07) is 8.05. The third-order valence-corrected chi connectivity index (χ3v) is 4.56. The van der Waals surface area contributed by atoms with Crippen LogP contribution >= 0.6 is 0 Å². The van der Waals surface area contributed by atoms with Crippen molar-refractivity contribution in [2.75, 3.05) is 17.3 Å². The molecule has 0 unspecified atom stereocenters. The number of rotatable bonds is 2. The van der Waals surface area contributed by atoms with Crippen LogP contribution in [-0.2, 0) is 0 Å². The maximum absolute atomic E-state index is 5.63. The Balaban J connectivity index is 2.90. The van der Waals surface area contributed by atoms with Gasteiger partial charge >= 0.3 is 0 Å². The summed E-state index contributed by atoms with van der Waals surface area (Å²) in [5, 5.41) is 0. The number of nitrogen functional groups attached to an aromatic ring is 1. The van der Waals surface area contributed by atoms with Crippen molar-refractivity contribution in [3.8, 4) is 0 Å². The SMILES string of the molecule is CN(c1ccc(N)cc1)[Si](C)(C)C. The molecule has 0 saturated carbocycles. The van der Waals surface area contributed by atoms with Gasteiger partial charge in [-0.2, -0.15) is 0 Å². The van der Waals surface area contributed by atoms with Gasteiger partial charge < -0.3 is 10.3 Å². The summed E-state index contributed by atoms with van der Waals surface area (Å²) < 4.78 is 2.37. The van der Waals surface area contributed by atoms with E-state index in [-0.39, 0.29) is 0 Å². The zero-order valence-electron chi connectivity index (χ0n) is 8.83. The summed E-state index contributed by atoms with van der Waals surface area (Å²) in [5.41, 5.74) is 7.71. The second-order valence-corrected chi connectivity index (χ2v) is 9.33. The number of anilines is 2. The van der Waals surface area contributed by atoms with E-state index in [4.69, 9.17) is 5.73 Å². The lowest BCUT2D eigenvalue weighted by atomic mass is 10.3. The lowest BCUT2D eigenvalue weighted by Gasteiger charge is -2.32. The van der Waals surface area contributed by atoms with Gasteiger partial charge in [-0.1, -0.05) is 19.6 Å². The van der Waals surface area contributed by atoms with E-state index >= 15 is 0 Å². The first-order chi connectivity index (χ1) is 5.91. The average molecular weight is 194 g/mol. The summed E-state index contributed by atoms with van der Waals surface area (Å²) in [6.45, 7) is 6.97. The molecule has 0 heterocycles.